The second kappa shape index (κ2) is 14.3. The highest BCUT2D eigenvalue weighted by molar-refractivity contribution is 6.44. The highest BCUT2D eigenvalue weighted by atomic mass is 16.4. The van der Waals surface area contributed by atoms with Crippen molar-refractivity contribution < 1.29 is 8.83 Å². The topological polar surface area (TPSA) is 26.3 Å². The average Bonchev–Trinajstić information content (AvgIpc) is 3.99. The van der Waals surface area contributed by atoms with Gasteiger partial charge in [-0.1, -0.05) is 200 Å². The predicted molar refractivity (Wildman–Crippen MR) is 287 cm³/mol. The third kappa shape index (κ3) is 5.23. The maximum atomic E-state index is 6.55. The van der Waals surface area contributed by atoms with Crippen LogP contribution in [0.3, 0.4) is 0 Å². The Morgan fingerprint density at radius 1 is 0.191 bits per heavy atom. The van der Waals surface area contributed by atoms with Crippen molar-refractivity contribution in [3.63, 3.8) is 0 Å². The summed E-state index contributed by atoms with van der Waals surface area (Å²) in [7, 11) is 0. The van der Waals surface area contributed by atoms with E-state index in [9.17, 15) is 0 Å². The molecule has 0 amide bonds. The van der Waals surface area contributed by atoms with E-state index in [0.717, 1.165) is 60.6 Å². The molecular formula is C66H38O2. The average molecular weight is 863 g/mol. The maximum Gasteiger partial charge on any atom is 0.178 e. The van der Waals surface area contributed by atoms with Crippen molar-refractivity contribution in [2.75, 3.05) is 0 Å². The minimum absolute atomic E-state index is 0.785. The SMILES string of the molecule is c1ccc(-c2c(-c3ccc(-c4ccc5oc6c(ccc7c8ccccc8oc76)c5c4)cc3)c(-c3ccccc3)c3c4cccc5c6ccccc6c6cccc(c3c2-c2ccccc2)c6c54)cc1. The quantitative estimate of drug-likeness (QED) is 0.127. The van der Waals surface area contributed by atoms with Crippen LogP contribution < -0.4 is 0 Å². The fourth-order valence-corrected chi connectivity index (χ4v) is 11.7. The van der Waals surface area contributed by atoms with Crippen LogP contribution in [0.5, 0.6) is 0 Å². The van der Waals surface area contributed by atoms with E-state index >= 15 is 0 Å². The first-order valence-corrected chi connectivity index (χ1v) is 23.4. The minimum atomic E-state index is 0.785. The fourth-order valence-electron chi connectivity index (χ4n) is 11.7. The van der Waals surface area contributed by atoms with E-state index in [1.54, 1.807) is 0 Å². The zero-order chi connectivity index (χ0) is 44.5. The van der Waals surface area contributed by atoms with Crippen LogP contribution >= 0.6 is 0 Å². The summed E-state index contributed by atoms with van der Waals surface area (Å²) in [6.07, 6.45) is 0. The Kier molecular flexibility index (Phi) is 7.81. The normalized spacial score (nSPS) is 12.1. The number of fused-ring (bicyclic) bond motifs is 13. The van der Waals surface area contributed by atoms with E-state index in [-0.39, 0.29) is 0 Å². The molecule has 314 valence electrons. The molecule has 0 aliphatic rings. The number of hydrogen-bond acceptors (Lipinski definition) is 2. The van der Waals surface area contributed by atoms with Crippen LogP contribution in [0.25, 0.3) is 153 Å². The van der Waals surface area contributed by atoms with E-state index in [2.05, 4.69) is 218 Å². The molecular weight excluding hydrogens is 825 g/mol. The highest BCUT2D eigenvalue weighted by Crippen LogP contribution is 2.56. The van der Waals surface area contributed by atoms with Crippen molar-refractivity contribution in [2.24, 2.45) is 0 Å². The lowest BCUT2D eigenvalue weighted by Gasteiger charge is -2.27. The van der Waals surface area contributed by atoms with Crippen LogP contribution in [0, 0.1) is 0 Å². The second-order valence-corrected chi connectivity index (χ2v) is 18.2. The molecule has 0 atom stereocenters. The van der Waals surface area contributed by atoms with Gasteiger partial charge in [0.05, 0.1) is 0 Å². The molecule has 0 N–H and O–H groups in total. The standard InChI is InChI=1S/C66H38O2/c1-4-16-40(17-5-1)57-58(43-32-30-39(31-33-43)44-34-37-56-54(38-44)51-36-35-50-47-24-12-13-29-55(47)67-65(50)66(51)68-56)60(42-20-8-3-9-21-42)64-53-28-15-26-49-46-23-11-10-22-45(46)48-25-14-27-52(61(48)62(49)53)63(64)59(57)41-18-6-2-7-19-41/h1-38H. The van der Waals surface area contributed by atoms with E-state index in [4.69, 9.17) is 8.83 Å². The van der Waals surface area contributed by atoms with Crippen molar-refractivity contribution in [3.8, 4) is 55.6 Å². The lowest BCUT2D eigenvalue weighted by atomic mass is 9.75. The van der Waals surface area contributed by atoms with E-state index in [0.29, 0.717) is 0 Å². The summed E-state index contributed by atoms with van der Waals surface area (Å²) in [5.41, 5.74) is 15.2. The van der Waals surface area contributed by atoms with E-state index in [1.165, 1.54) is 92.8 Å². The van der Waals surface area contributed by atoms with Gasteiger partial charge < -0.3 is 8.83 Å². The van der Waals surface area contributed by atoms with Gasteiger partial charge in [0.15, 0.2) is 11.2 Å². The predicted octanol–water partition coefficient (Wildman–Crippen LogP) is 19.0. The molecule has 0 fully saturated rings. The van der Waals surface area contributed by atoms with Gasteiger partial charge in [-0.3, -0.25) is 0 Å². The lowest BCUT2D eigenvalue weighted by Crippen LogP contribution is -2.00. The first kappa shape index (κ1) is 37.3. The first-order valence-electron chi connectivity index (χ1n) is 23.4. The van der Waals surface area contributed by atoms with Crippen LogP contribution in [0.15, 0.2) is 239 Å². The summed E-state index contributed by atoms with van der Waals surface area (Å²) in [6.45, 7) is 0. The third-order valence-electron chi connectivity index (χ3n) is 14.6. The molecule has 15 aromatic rings. The number of rotatable bonds is 5. The van der Waals surface area contributed by atoms with Crippen LogP contribution in [0.2, 0.25) is 0 Å². The molecule has 0 saturated carbocycles. The van der Waals surface area contributed by atoms with Gasteiger partial charge in [-0.25, -0.2) is 0 Å². The Hall–Kier alpha value is -8.98. The minimum Gasteiger partial charge on any atom is -0.452 e. The van der Waals surface area contributed by atoms with Crippen molar-refractivity contribution in [1.29, 1.82) is 0 Å². The van der Waals surface area contributed by atoms with Crippen molar-refractivity contribution >= 4 is 97.7 Å². The zero-order valence-corrected chi connectivity index (χ0v) is 36.8. The van der Waals surface area contributed by atoms with Crippen LogP contribution in [-0.4, -0.2) is 0 Å². The Bertz CT molecular complexity index is 4500. The number of para-hydroxylation sites is 1. The summed E-state index contributed by atoms with van der Waals surface area (Å²) >= 11 is 0. The van der Waals surface area contributed by atoms with Gasteiger partial charge in [0.1, 0.15) is 11.2 Å². The molecule has 0 aliphatic heterocycles. The Morgan fingerprint density at radius 3 is 1.12 bits per heavy atom. The molecule has 2 nitrogen and oxygen atoms in total. The van der Waals surface area contributed by atoms with E-state index in [1.807, 2.05) is 12.1 Å². The maximum absolute atomic E-state index is 6.55. The Balaban J connectivity index is 1.05. The third-order valence-corrected chi connectivity index (χ3v) is 14.6. The molecule has 0 aliphatic carbocycles. The molecule has 0 unspecified atom stereocenters. The summed E-state index contributed by atoms with van der Waals surface area (Å²) in [6, 6.07) is 84.4. The molecule has 0 saturated heterocycles. The molecule has 2 heterocycles. The van der Waals surface area contributed by atoms with Gasteiger partial charge >= 0.3 is 0 Å². The second-order valence-electron chi connectivity index (χ2n) is 18.2. The van der Waals surface area contributed by atoms with Crippen molar-refractivity contribution in [1.82, 2.24) is 0 Å². The molecule has 0 bridgehead atoms. The Morgan fingerprint density at radius 2 is 0.574 bits per heavy atom. The van der Waals surface area contributed by atoms with Crippen LogP contribution in [-0.2, 0) is 0 Å². The summed E-state index contributed by atoms with van der Waals surface area (Å²) in [5, 5.41) is 17.1. The molecule has 0 spiro atoms. The largest absolute Gasteiger partial charge is 0.452 e. The van der Waals surface area contributed by atoms with Crippen molar-refractivity contribution in [2.45, 2.75) is 0 Å². The first-order chi connectivity index (χ1) is 33.8. The summed E-state index contributed by atoms with van der Waals surface area (Å²) in [4.78, 5) is 0. The zero-order valence-electron chi connectivity index (χ0n) is 36.8. The fraction of sp³-hybridized carbons (Fsp3) is 0. The molecule has 2 aromatic heterocycles. The van der Waals surface area contributed by atoms with Gasteiger partial charge in [-0.2, -0.15) is 0 Å². The van der Waals surface area contributed by atoms with E-state index < -0.39 is 0 Å². The van der Waals surface area contributed by atoms with Gasteiger partial charge in [-0.05, 0) is 140 Å². The van der Waals surface area contributed by atoms with Gasteiger partial charge in [0, 0.05) is 21.5 Å². The van der Waals surface area contributed by atoms with Crippen molar-refractivity contribution in [3.05, 3.63) is 231 Å². The smallest absolute Gasteiger partial charge is 0.178 e. The molecule has 0 radical (unpaired) electrons. The molecule has 13 aromatic carbocycles. The lowest BCUT2D eigenvalue weighted by molar-refractivity contribution is 0.633. The van der Waals surface area contributed by atoms with Gasteiger partial charge in [0.2, 0.25) is 0 Å². The van der Waals surface area contributed by atoms with Gasteiger partial charge in [-0.15, -0.1) is 0 Å². The monoisotopic (exact) mass is 862 g/mol. The number of furan rings is 2. The number of benzene rings is 13. The van der Waals surface area contributed by atoms with Crippen LogP contribution in [0.1, 0.15) is 0 Å². The Labute approximate surface area is 390 Å². The molecule has 68 heavy (non-hydrogen) atoms. The summed E-state index contributed by atoms with van der Waals surface area (Å²) < 4.78 is 12.9. The molecule has 15 rings (SSSR count). The highest BCUT2D eigenvalue weighted by Gasteiger charge is 2.28. The number of hydrogen-bond donors (Lipinski definition) is 0. The summed E-state index contributed by atoms with van der Waals surface area (Å²) in [5.74, 6) is 0. The molecule has 2 heteroatoms. The van der Waals surface area contributed by atoms with Gasteiger partial charge in [0.25, 0.3) is 0 Å². The van der Waals surface area contributed by atoms with Crippen LogP contribution in [0.4, 0.5) is 0 Å².